The molecule has 3 atom stereocenters. The maximum absolute atomic E-state index is 11.8. The Morgan fingerprint density at radius 1 is 1.50 bits per heavy atom. The largest absolute Gasteiger partial charge is 0.333 e. The molecule has 1 amide bonds. The van der Waals surface area contributed by atoms with E-state index in [1.54, 1.807) is 4.90 Å². The van der Waals surface area contributed by atoms with E-state index in [2.05, 4.69) is 13.8 Å². The average Bonchev–Trinajstić information content (AvgIpc) is 2.47. The van der Waals surface area contributed by atoms with Gasteiger partial charge < -0.3 is 9.47 Å². The molecule has 4 nitrogen and oxygen atoms in total. The molecule has 14 heavy (non-hydrogen) atoms. The van der Waals surface area contributed by atoms with Crippen molar-refractivity contribution in [1.82, 2.24) is 4.90 Å². The second-order valence-electron chi connectivity index (χ2n) is 4.40. The number of nitrogens with zero attached hydrogens (tertiary/aromatic N) is 1. The van der Waals surface area contributed by atoms with E-state index in [1.807, 2.05) is 6.92 Å². The normalized spacial score (nSPS) is 37.9. The third-order valence-corrected chi connectivity index (χ3v) is 2.86. The molecule has 0 N–H and O–H groups in total. The fourth-order valence-corrected chi connectivity index (χ4v) is 2.02. The lowest BCUT2D eigenvalue weighted by molar-refractivity contribution is -0.224. The SMILES string of the molecule is CC1CC(=O)N2C(OCC2C(C)C)O1. The minimum atomic E-state index is -0.432. The fraction of sp³-hybridized carbons (Fsp3) is 0.900. The zero-order chi connectivity index (χ0) is 10.3. The zero-order valence-electron chi connectivity index (χ0n) is 8.90. The quantitative estimate of drug-likeness (QED) is 0.631. The number of hydrogen-bond acceptors (Lipinski definition) is 3. The number of fused-ring (bicyclic) bond motifs is 1. The minimum absolute atomic E-state index is 0.0188. The first-order valence-corrected chi connectivity index (χ1v) is 5.18. The average molecular weight is 199 g/mol. The molecule has 0 aromatic carbocycles. The van der Waals surface area contributed by atoms with Crippen LogP contribution in [0.25, 0.3) is 0 Å². The van der Waals surface area contributed by atoms with Crippen molar-refractivity contribution >= 4 is 5.91 Å². The van der Waals surface area contributed by atoms with Gasteiger partial charge in [0.05, 0.1) is 25.2 Å². The lowest BCUT2D eigenvalue weighted by Gasteiger charge is -2.35. The van der Waals surface area contributed by atoms with Crippen molar-refractivity contribution < 1.29 is 14.3 Å². The van der Waals surface area contributed by atoms with Gasteiger partial charge in [0.1, 0.15) is 0 Å². The van der Waals surface area contributed by atoms with Crippen molar-refractivity contribution in [1.29, 1.82) is 0 Å². The van der Waals surface area contributed by atoms with E-state index in [0.717, 1.165) is 0 Å². The van der Waals surface area contributed by atoms with Crippen LogP contribution in [-0.4, -0.2) is 36.0 Å². The van der Waals surface area contributed by atoms with Crippen LogP contribution in [0.4, 0.5) is 0 Å². The number of rotatable bonds is 1. The Morgan fingerprint density at radius 3 is 2.86 bits per heavy atom. The van der Waals surface area contributed by atoms with E-state index < -0.39 is 6.41 Å². The van der Waals surface area contributed by atoms with E-state index in [4.69, 9.17) is 9.47 Å². The van der Waals surface area contributed by atoms with Crippen molar-refractivity contribution in [2.24, 2.45) is 5.92 Å². The highest BCUT2D eigenvalue weighted by Gasteiger charge is 2.44. The highest BCUT2D eigenvalue weighted by atomic mass is 16.7. The van der Waals surface area contributed by atoms with Gasteiger partial charge in [0.25, 0.3) is 0 Å². The summed E-state index contributed by atoms with van der Waals surface area (Å²) in [5.41, 5.74) is 0. The third-order valence-electron chi connectivity index (χ3n) is 2.86. The molecule has 0 radical (unpaired) electrons. The summed E-state index contributed by atoms with van der Waals surface area (Å²) in [6.07, 6.45) is 0.0246. The molecule has 0 bridgehead atoms. The molecule has 2 rings (SSSR count). The monoisotopic (exact) mass is 199 g/mol. The Labute approximate surface area is 84.2 Å². The van der Waals surface area contributed by atoms with Gasteiger partial charge in [-0.1, -0.05) is 13.8 Å². The smallest absolute Gasteiger partial charge is 0.243 e. The van der Waals surface area contributed by atoms with E-state index in [1.165, 1.54) is 0 Å². The van der Waals surface area contributed by atoms with Gasteiger partial charge in [-0.2, -0.15) is 0 Å². The molecule has 0 aliphatic carbocycles. The fourth-order valence-electron chi connectivity index (χ4n) is 2.02. The van der Waals surface area contributed by atoms with Crippen LogP contribution in [0.15, 0.2) is 0 Å². The molecule has 2 aliphatic rings. The summed E-state index contributed by atoms with van der Waals surface area (Å²) in [5, 5.41) is 0. The Morgan fingerprint density at radius 2 is 2.21 bits per heavy atom. The van der Waals surface area contributed by atoms with E-state index in [0.29, 0.717) is 18.9 Å². The molecule has 0 spiro atoms. The molecule has 4 heteroatoms. The van der Waals surface area contributed by atoms with Crippen molar-refractivity contribution in [3.63, 3.8) is 0 Å². The Balaban J connectivity index is 2.13. The summed E-state index contributed by atoms with van der Waals surface area (Å²) in [7, 11) is 0. The number of amides is 1. The minimum Gasteiger partial charge on any atom is -0.333 e. The molecule has 2 heterocycles. The first-order chi connectivity index (χ1) is 6.59. The second-order valence-corrected chi connectivity index (χ2v) is 4.40. The van der Waals surface area contributed by atoms with Crippen LogP contribution < -0.4 is 0 Å². The topological polar surface area (TPSA) is 38.8 Å². The highest BCUT2D eigenvalue weighted by molar-refractivity contribution is 5.78. The van der Waals surface area contributed by atoms with Crippen LogP contribution >= 0.6 is 0 Å². The van der Waals surface area contributed by atoms with Crippen molar-refractivity contribution in [3.05, 3.63) is 0 Å². The van der Waals surface area contributed by atoms with Gasteiger partial charge in [-0.3, -0.25) is 9.69 Å². The number of carbonyl (C=O) groups excluding carboxylic acids is 1. The van der Waals surface area contributed by atoms with Crippen LogP contribution in [-0.2, 0) is 14.3 Å². The molecule has 0 aromatic rings. The molecule has 2 fully saturated rings. The predicted molar refractivity (Wildman–Crippen MR) is 50.4 cm³/mol. The zero-order valence-corrected chi connectivity index (χ0v) is 8.90. The molecular formula is C10H17NO3. The van der Waals surface area contributed by atoms with E-state index in [9.17, 15) is 4.79 Å². The van der Waals surface area contributed by atoms with Crippen LogP contribution in [0, 0.1) is 5.92 Å². The first-order valence-electron chi connectivity index (χ1n) is 5.18. The first kappa shape index (κ1) is 9.93. The maximum Gasteiger partial charge on any atom is 0.243 e. The molecule has 2 saturated heterocycles. The van der Waals surface area contributed by atoms with Gasteiger partial charge in [-0.05, 0) is 12.8 Å². The molecular weight excluding hydrogens is 182 g/mol. The van der Waals surface area contributed by atoms with Gasteiger partial charge in [0.15, 0.2) is 0 Å². The molecule has 2 aliphatic heterocycles. The van der Waals surface area contributed by atoms with Gasteiger partial charge in [0, 0.05) is 0 Å². The summed E-state index contributed by atoms with van der Waals surface area (Å²) < 4.78 is 11.0. The van der Waals surface area contributed by atoms with Crippen LogP contribution in [0.3, 0.4) is 0 Å². The lowest BCUT2D eigenvalue weighted by Crippen LogP contribution is -2.50. The maximum atomic E-state index is 11.8. The van der Waals surface area contributed by atoms with Crippen LogP contribution in [0.2, 0.25) is 0 Å². The summed E-state index contributed by atoms with van der Waals surface area (Å²) in [4.78, 5) is 13.5. The Bertz CT molecular complexity index is 242. The lowest BCUT2D eigenvalue weighted by atomic mass is 10.0. The van der Waals surface area contributed by atoms with Crippen LogP contribution in [0.1, 0.15) is 27.2 Å². The standard InChI is InChI=1S/C10H17NO3/c1-6(2)8-5-13-10-11(8)9(12)4-7(3)14-10/h6-8,10H,4-5H2,1-3H3. The van der Waals surface area contributed by atoms with E-state index >= 15 is 0 Å². The summed E-state index contributed by atoms with van der Waals surface area (Å²) in [5.74, 6) is 0.575. The van der Waals surface area contributed by atoms with Gasteiger partial charge in [-0.25, -0.2) is 0 Å². The summed E-state index contributed by atoms with van der Waals surface area (Å²) >= 11 is 0. The third kappa shape index (κ3) is 1.53. The predicted octanol–water partition coefficient (Wildman–Crippen LogP) is 0.962. The molecule has 80 valence electrons. The second kappa shape index (κ2) is 3.51. The number of hydrogen-bond donors (Lipinski definition) is 0. The molecule has 3 unspecified atom stereocenters. The molecule has 0 saturated carbocycles. The van der Waals surface area contributed by atoms with Gasteiger partial charge in [-0.15, -0.1) is 0 Å². The van der Waals surface area contributed by atoms with E-state index in [-0.39, 0.29) is 18.1 Å². The summed E-state index contributed by atoms with van der Waals surface area (Å²) in [6, 6.07) is 0.181. The highest BCUT2D eigenvalue weighted by Crippen LogP contribution is 2.29. The van der Waals surface area contributed by atoms with Crippen molar-refractivity contribution in [2.75, 3.05) is 6.61 Å². The summed E-state index contributed by atoms with van der Waals surface area (Å²) in [6.45, 7) is 6.70. The van der Waals surface area contributed by atoms with Crippen LogP contribution in [0.5, 0.6) is 0 Å². The Kier molecular flexibility index (Phi) is 2.49. The molecule has 0 aromatic heterocycles. The van der Waals surface area contributed by atoms with Gasteiger partial charge >= 0.3 is 0 Å². The Hall–Kier alpha value is -0.610. The van der Waals surface area contributed by atoms with Crippen molar-refractivity contribution in [2.45, 2.75) is 45.8 Å². The number of ether oxygens (including phenoxy) is 2. The van der Waals surface area contributed by atoms with Crippen molar-refractivity contribution in [3.8, 4) is 0 Å². The van der Waals surface area contributed by atoms with Gasteiger partial charge in [0.2, 0.25) is 12.3 Å². The number of carbonyl (C=O) groups is 1.